The fourth-order valence-corrected chi connectivity index (χ4v) is 2.64. The fraction of sp³-hybridized carbons (Fsp3) is 0.150. The molecule has 0 saturated carbocycles. The minimum absolute atomic E-state index is 0.166. The van der Waals surface area contributed by atoms with E-state index in [1.807, 2.05) is 37.3 Å². The van der Waals surface area contributed by atoms with E-state index in [1.165, 1.54) is 30.7 Å². The Morgan fingerprint density at radius 1 is 1.08 bits per heavy atom. The van der Waals surface area contributed by atoms with Crippen molar-refractivity contribution >= 4 is 5.91 Å². The Morgan fingerprint density at radius 2 is 1.80 bits per heavy atom. The first-order valence-corrected chi connectivity index (χ1v) is 8.01. The molecule has 0 spiro atoms. The molecule has 3 rings (SSSR count). The van der Waals surface area contributed by atoms with Crippen LogP contribution in [0.1, 0.15) is 34.6 Å². The van der Waals surface area contributed by atoms with E-state index in [0.717, 1.165) is 11.1 Å². The minimum atomic E-state index is -0.299. The second-order valence-electron chi connectivity index (χ2n) is 5.74. The van der Waals surface area contributed by atoms with Crippen molar-refractivity contribution in [2.45, 2.75) is 19.5 Å². The van der Waals surface area contributed by atoms with E-state index in [4.69, 9.17) is 0 Å². The number of halogens is 1. The Kier molecular flexibility index (Phi) is 5.14. The lowest BCUT2D eigenvalue weighted by Gasteiger charge is -2.29. The van der Waals surface area contributed by atoms with Gasteiger partial charge in [0.2, 0.25) is 0 Å². The summed E-state index contributed by atoms with van der Waals surface area (Å²) in [7, 11) is 0. The summed E-state index contributed by atoms with van der Waals surface area (Å²) in [6.07, 6.45) is 4.48. The average molecular weight is 335 g/mol. The number of benzene rings is 2. The number of carbonyl (C=O) groups is 1. The van der Waals surface area contributed by atoms with Gasteiger partial charge in [0.1, 0.15) is 11.5 Å². The fourth-order valence-electron chi connectivity index (χ4n) is 2.64. The molecular formula is C20H18FN3O. The number of rotatable bonds is 5. The van der Waals surface area contributed by atoms with E-state index in [0.29, 0.717) is 6.54 Å². The van der Waals surface area contributed by atoms with Crippen LogP contribution in [-0.2, 0) is 6.54 Å². The molecule has 126 valence electrons. The maximum Gasteiger partial charge on any atom is 0.274 e. The number of amides is 1. The third-order valence-electron chi connectivity index (χ3n) is 4.06. The van der Waals surface area contributed by atoms with Crippen LogP contribution in [0.5, 0.6) is 0 Å². The standard InChI is InChI=1S/C20H18FN3O/c1-15(17-5-3-2-4-6-17)24(14-16-7-9-18(21)10-8-16)20(25)19-13-22-11-12-23-19/h2-13,15H,14H2,1H3. The molecule has 1 heterocycles. The summed E-state index contributed by atoms with van der Waals surface area (Å²) < 4.78 is 13.2. The Bertz CT molecular complexity index is 823. The largest absolute Gasteiger partial charge is 0.326 e. The molecule has 0 fully saturated rings. The maximum atomic E-state index is 13.2. The van der Waals surface area contributed by atoms with Gasteiger partial charge in [-0.3, -0.25) is 9.78 Å². The topological polar surface area (TPSA) is 46.1 Å². The first-order valence-electron chi connectivity index (χ1n) is 8.01. The van der Waals surface area contributed by atoms with Crippen molar-refractivity contribution in [3.63, 3.8) is 0 Å². The van der Waals surface area contributed by atoms with Gasteiger partial charge in [0, 0.05) is 18.9 Å². The van der Waals surface area contributed by atoms with Gasteiger partial charge in [0.15, 0.2) is 0 Å². The van der Waals surface area contributed by atoms with Gasteiger partial charge in [0.25, 0.3) is 5.91 Å². The van der Waals surface area contributed by atoms with E-state index in [9.17, 15) is 9.18 Å². The summed E-state index contributed by atoms with van der Waals surface area (Å²) in [4.78, 5) is 22.8. The predicted molar refractivity (Wildman–Crippen MR) is 93.2 cm³/mol. The van der Waals surface area contributed by atoms with Crippen LogP contribution in [0, 0.1) is 5.82 Å². The van der Waals surface area contributed by atoms with Gasteiger partial charge in [-0.2, -0.15) is 0 Å². The van der Waals surface area contributed by atoms with Gasteiger partial charge < -0.3 is 4.90 Å². The predicted octanol–water partition coefficient (Wildman–Crippen LogP) is 4.02. The van der Waals surface area contributed by atoms with E-state index in [-0.39, 0.29) is 23.5 Å². The Balaban J connectivity index is 1.93. The van der Waals surface area contributed by atoms with Crippen LogP contribution >= 0.6 is 0 Å². The molecule has 25 heavy (non-hydrogen) atoms. The lowest BCUT2D eigenvalue weighted by Crippen LogP contribution is -2.33. The van der Waals surface area contributed by atoms with Crippen molar-refractivity contribution < 1.29 is 9.18 Å². The zero-order valence-electron chi connectivity index (χ0n) is 13.8. The molecule has 0 bridgehead atoms. The van der Waals surface area contributed by atoms with E-state index in [1.54, 1.807) is 17.0 Å². The smallest absolute Gasteiger partial charge is 0.274 e. The Labute approximate surface area is 146 Å². The highest BCUT2D eigenvalue weighted by Gasteiger charge is 2.24. The molecule has 5 heteroatoms. The van der Waals surface area contributed by atoms with Crippen molar-refractivity contribution in [1.29, 1.82) is 0 Å². The third kappa shape index (κ3) is 4.07. The van der Waals surface area contributed by atoms with Crippen LogP contribution in [0.2, 0.25) is 0 Å². The van der Waals surface area contributed by atoms with Gasteiger partial charge in [-0.1, -0.05) is 42.5 Å². The minimum Gasteiger partial charge on any atom is -0.326 e. The SMILES string of the molecule is CC(c1ccccc1)N(Cc1ccc(F)cc1)C(=O)c1cnccn1. The summed E-state index contributed by atoms with van der Waals surface area (Å²) in [5, 5.41) is 0. The maximum absolute atomic E-state index is 13.2. The molecule has 2 aromatic carbocycles. The van der Waals surface area contributed by atoms with Gasteiger partial charge in [-0.25, -0.2) is 9.37 Å². The van der Waals surface area contributed by atoms with Gasteiger partial charge >= 0.3 is 0 Å². The normalized spacial score (nSPS) is 11.8. The zero-order valence-corrected chi connectivity index (χ0v) is 13.8. The number of hydrogen-bond donors (Lipinski definition) is 0. The molecule has 1 amide bonds. The molecule has 0 aliphatic rings. The molecule has 0 N–H and O–H groups in total. The number of nitrogens with zero attached hydrogens (tertiary/aromatic N) is 3. The average Bonchev–Trinajstić information content (AvgIpc) is 2.68. The molecule has 0 saturated heterocycles. The molecule has 1 unspecified atom stereocenters. The van der Waals surface area contributed by atoms with Crippen molar-refractivity contribution in [1.82, 2.24) is 14.9 Å². The number of aromatic nitrogens is 2. The van der Waals surface area contributed by atoms with Crippen LogP contribution in [-0.4, -0.2) is 20.8 Å². The van der Waals surface area contributed by atoms with Crippen LogP contribution in [0.3, 0.4) is 0 Å². The lowest BCUT2D eigenvalue weighted by atomic mass is 10.1. The molecule has 0 radical (unpaired) electrons. The van der Waals surface area contributed by atoms with E-state index in [2.05, 4.69) is 9.97 Å². The summed E-state index contributed by atoms with van der Waals surface area (Å²) in [5.41, 5.74) is 2.15. The highest BCUT2D eigenvalue weighted by Crippen LogP contribution is 2.24. The lowest BCUT2D eigenvalue weighted by molar-refractivity contribution is 0.0667. The number of carbonyl (C=O) groups excluding carboxylic acids is 1. The molecule has 0 aliphatic carbocycles. The van der Waals surface area contributed by atoms with E-state index >= 15 is 0 Å². The van der Waals surface area contributed by atoms with E-state index < -0.39 is 0 Å². The number of hydrogen-bond acceptors (Lipinski definition) is 3. The highest BCUT2D eigenvalue weighted by atomic mass is 19.1. The Morgan fingerprint density at radius 3 is 2.44 bits per heavy atom. The molecule has 4 nitrogen and oxygen atoms in total. The first kappa shape index (κ1) is 16.8. The second kappa shape index (κ2) is 7.66. The van der Waals surface area contributed by atoms with Gasteiger partial charge in [-0.15, -0.1) is 0 Å². The van der Waals surface area contributed by atoms with Crippen molar-refractivity contribution in [2.75, 3.05) is 0 Å². The monoisotopic (exact) mass is 335 g/mol. The quantitative estimate of drug-likeness (QED) is 0.707. The summed E-state index contributed by atoms with van der Waals surface area (Å²) in [6, 6.07) is 15.8. The highest BCUT2D eigenvalue weighted by molar-refractivity contribution is 5.92. The van der Waals surface area contributed by atoms with Crippen LogP contribution in [0.4, 0.5) is 4.39 Å². The van der Waals surface area contributed by atoms with Crippen LogP contribution < -0.4 is 0 Å². The van der Waals surface area contributed by atoms with Gasteiger partial charge in [0.05, 0.1) is 12.2 Å². The molecule has 0 aliphatic heterocycles. The third-order valence-corrected chi connectivity index (χ3v) is 4.06. The van der Waals surface area contributed by atoms with Crippen LogP contribution in [0.25, 0.3) is 0 Å². The van der Waals surface area contributed by atoms with Crippen molar-refractivity contribution in [2.24, 2.45) is 0 Å². The first-order chi connectivity index (χ1) is 12.1. The Hall–Kier alpha value is -3.08. The molecule has 1 atom stereocenters. The van der Waals surface area contributed by atoms with Gasteiger partial charge in [-0.05, 0) is 30.2 Å². The zero-order chi connectivity index (χ0) is 17.6. The summed E-state index contributed by atoms with van der Waals surface area (Å²) >= 11 is 0. The molecular weight excluding hydrogens is 317 g/mol. The van der Waals surface area contributed by atoms with Crippen LogP contribution in [0.15, 0.2) is 73.2 Å². The summed E-state index contributed by atoms with van der Waals surface area (Å²) in [6.45, 7) is 2.32. The second-order valence-corrected chi connectivity index (χ2v) is 5.74. The summed E-state index contributed by atoms with van der Waals surface area (Å²) in [5.74, 6) is -0.513. The van der Waals surface area contributed by atoms with Crippen molar-refractivity contribution in [3.8, 4) is 0 Å². The molecule has 3 aromatic rings. The van der Waals surface area contributed by atoms with Crippen molar-refractivity contribution in [3.05, 3.63) is 95.8 Å². The molecule has 1 aromatic heterocycles.